The molecule has 11 heteroatoms. The van der Waals surface area contributed by atoms with Gasteiger partial charge in [0.05, 0.1) is 19.6 Å². The third-order valence-corrected chi connectivity index (χ3v) is 3.70. The van der Waals surface area contributed by atoms with Crippen LogP contribution >= 0.6 is 0 Å². The zero-order valence-electron chi connectivity index (χ0n) is 14.7. The number of carboxylic acid groups (broad SMARTS) is 4. The molecule has 26 heavy (non-hydrogen) atoms. The Balaban J connectivity index is 5.22. The number of nitrogens with two attached hydrogens (primary N) is 1. The first-order valence-corrected chi connectivity index (χ1v) is 8.18. The van der Waals surface area contributed by atoms with Gasteiger partial charge in [0.15, 0.2) is 0 Å². The van der Waals surface area contributed by atoms with Gasteiger partial charge < -0.3 is 26.2 Å². The maximum Gasteiger partial charge on any atom is 0.322 e. The van der Waals surface area contributed by atoms with Gasteiger partial charge in [0.1, 0.15) is 6.04 Å². The maximum absolute atomic E-state index is 11.6. The average Bonchev–Trinajstić information content (AvgIpc) is 2.48. The van der Waals surface area contributed by atoms with Gasteiger partial charge in [-0.1, -0.05) is 19.8 Å². The Labute approximate surface area is 151 Å². The minimum atomic E-state index is -1.28. The summed E-state index contributed by atoms with van der Waals surface area (Å²) >= 11 is 0. The molecule has 11 nitrogen and oxygen atoms in total. The molecule has 0 rings (SSSR count). The number of aliphatic carboxylic acids is 4. The van der Waals surface area contributed by atoms with E-state index in [0.29, 0.717) is 12.8 Å². The minimum absolute atomic E-state index is 0.129. The van der Waals surface area contributed by atoms with Crippen LogP contribution in [0.3, 0.4) is 0 Å². The predicted molar refractivity (Wildman–Crippen MR) is 89.8 cm³/mol. The van der Waals surface area contributed by atoms with Crippen molar-refractivity contribution < 1.29 is 39.6 Å². The highest BCUT2D eigenvalue weighted by Gasteiger charge is 2.32. The molecule has 0 spiro atoms. The highest BCUT2D eigenvalue weighted by molar-refractivity contribution is 5.76. The summed E-state index contributed by atoms with van der Waals surface area (Å²) in [5.74, 6) is -5.03. The molecule has 0 amide bonds. The summed E-state index contributed by atoms with van der Waals surface area (Å²) in [4.78, 5) is 46.6. The van der Waals surface area contributed by atoms with Crippen LogP contribution in [0, 0.1) is 0 Å². The van der Waals surface area contributed by atoms with Gasteiger partial charge >= 0.3 is 23.9 Å². The van der Waals surface area contributed by atoms with Crippen molar-refractivity contribution in [3.8, 4) is 0 Å². The average molecular weight is 377 g/mol. The first-order chi connectivity index (χ1) is 12.1. The quantitative estimate of drug-likeness (QED) is 0.231. The van der Waals surface area contributed by atoms with E-state index in [-0.39, 0.29) is 13.1 Å². The molecule has 6 N–H and O–H groups in total. The topological polar surface area (TPSA) is 182 Å². The van der Waals surface area contributed by atoms with Gasteiger partial charge in [-0.25, -0.2) is 0 Å². The predicted octanol–water partition coefficient (Wildman–Crippen LogP) is -1.19. The summed E-state index contributed by atoms with van der Waals surface area (Å²) in [5.41, 5.74) is 5.93. The fraction of sp³-hybridized carbons (Fsp3) is 0.733. The van der Waals surface area contributed by atoms with E-state index in [0.717, 1.165) is 16.2 Å². The van der Waals surface area contributed by atoms with E-state index in [1.807, 2.05) is 6.92 Å². The van der Waals surface area contributed by atoms with Gasteiger partial charge in [-0.3, -0.25) is 29.0 Å². The van der Waals surface area contributed by atoms with Crippen molar-refractivity contribution in [3.63, 3.8) is 0 Å². The molecule has 0 aromatic carbocycles. The van der Waals surface area contributed by atoms with Gasteiger partial charge in [-0.05, 0) is 6.42 Å². The molecule has 0 aromatic heterocycles. The summed E-state index contributed by atoms with van der Waals surface area (Å²) in [6, 6.07) is -2.08. The van der Waals surface area contributed by atoms with Crippen molar-refractivity contribution >= 4 is 23.9 Å². The number of nitrogens with zero attached hydrogens (tertiary/aromatic N) is 2. The molecular weight excluding hydrogens is 350 g/mol. The van der Waals surface area contributed by atoms with Crippen LogP contribution in [0.4, 0.5) is 0 Å². The standard InChI is InChI=1S/C15H27N3O8/c1-2-3-4-10(16)14(15(25)26)18(9-13(23)24)6-5-17(7-11(19)20)8-12(21)22/h10,14H,2-9,16H2,1H3,(H,19,20)(H,21,22)(H,23,24)(H,25,26). The van der Waals surface area contributed by atoms with E-state index in [9.17, 15) is 24.3 Å². The van der Waals surface area contributed by atoms with Gasteiger partial charge in [0.25, 0.3) is 0 Å². The van der Waals surface area contributed by atoms with Gasteiger partial charge in [0, 0.05) is 19.1 Å². The molecule has 0 aliphatic carbocycles. The molecule has 0 saturated carbocycles. The Kier molecular flexibility index (Phi) is 11.1. The van der Waals surface area contributed by atoms with E-state index < -0.39 is 55.6 Å². The summed E-state index contributed by atoms with van der Waals surface area (Å²) in [7, 11) is 0. The molecule has 0 fully saturated rings. The Hall–Kier alpha value is -2.24. The van der Waals surface area contributed by atoms with Crippen molar-refractivity contribution in [1.29, 1.82) is 0 Å². The fourth-order valence-electron chi connectivity index (χ4n) is 2.56. The van der Waals surface area contributed by atoms with E-state index >= 15 is 0 Å². The molecular formula is C15H27N3O8. The molecule has 0 saturated heterocycles. The molecule has 0 aliphatic rings. The van der Waals surface area contributed by atoms with E-state index in [2.05, 4.69) is 0 Å². The van der Waals surface area contributed by atoms with Crippen LogP contribution in [-0.4, -0.2) is 98.9 Å². The van der Waals surface area contributed by atoms with Crippen LogP contribution in [0.5, 0.6) is 0 Å². The molecule has 0 aromatic rings. The van der Waals surface area contributed by atoms with Crippen LogP contribution < -0.4 is 5.73 Å². The van der Waals surface area contributed by atoms with Crippen LogP contribution in [0.15, 0.2) is 0 Å². The first-order valence-electron chi connectivity index (χ1n) is 8.18. The lowest BCUT2D eigenvalue weighted by Crippen LogP contribution is -2.56. The lowest BCUT2D eigenvalue weighted by Gasteiger charge is -2.32. The number of carboxylic acids is 4. The molecule has 2 atom stereocenters. The summed E-state index contributed by atoms with van der Waals surface area (Å²) in [6.45, 7) is -0.0998. The molecule has 0 radical (unpaired) electrons. The molecule has 2 unspecified atom stereocenters. The number of hydrogen-bond donors (Lipinski definition) is 5. The molecule has 150 valence electrons. The SMILES string of the molecule is CCCCC(N)C(C(=O)O)N(CCN(CC(=O)O)CC(=O)O)CC(=O)O. The second-order valence-corrected chi connectivity index (χ2v) is 5.95. The summed E-state index contributed by atoms with van der Waals surface area (Å²) in [6.07, 6.45) is 1.86. The van der Waals surface area contributed by atoms with Crippen LogP contribution in [-0.2, 0) is 19.2 Å². The second kappa shape index (κ2) is 12.2. The lowest BCUT2D eigenvalue weighted by atomic mass is 10.0. The Morgan fingerprint density at radius 3 is 1.77 bits per heavy atom. The number of hydrogen-bond acceptors (Lipinski definition) is 7. The number of carbonyl (C=O) groups is 4. The van der Waals surface area contributed by atoms with E-state index in [4.69, 9.17) is 21.1 Å². The van der Waals surface area contributed by atoms with E-state index in [1.54, 1.807) is 0 Å². The highest BCUT2D eigenvalue weighted by Crippen LogP contribution is 2.11. The smallest absolute Gasteiger partial charge is 0.322 e. The third-order valence-electron chi connectivity index (χ3n) is 3.70. The van der Waals surface area contributed by atoms with Gasteiger partial charge in [0.2, 0.25) is 0 Å². The highest BCUT2D eigenvalue weighted by atomic mass is 16.4. The van der Waals surface area contributed by atoms with Gasteiger partial charge in [-0.15, -0.1) is 0 Å². The monoisotopic (exact) mass is 377 g/mol. The summed E-state index contributed by atoms with van der Waals surface area (Å²) in [5, 5.41) is 36.2. The fourth-order valence-corrected chi connectivity index (χ4v) is 2.56. The third kappa shape index (κ3) is 9.91. The van der Waals surface area contributed by atoms with Crippen LogP contribution in [0.1, 0.15) is 26.2 Å². The Bertz CT molecular complexity index is 483. The Morgan fingerprint density at radius 2 is 1.38 bits per heavy atom. The van der Waals surface area contributed by atoms with Crippen LogP contribution in [0.2, 0.25) is 0 Å². The number of unbranched alkanes of at least 4 members (excludes halogenated alkanes) is 1. The van der Waals surface area contributed by atoms with Crippen molar-refractivity contribution in [2.75, 3.05) is 32.7 Å². The van der Waals surface area contributed by atoms with Crippen molar-refractivity contribution in [2.24, 2.45) is 5.73 Å². The van der Waals surface area contributed by atoms with E-state index in [1.165, 1.54) is 0 Å². The molecule has 0 heterocycles. The van der Waals surface area contributed by atoms with Crippen molar-refractivity contribution in [2.45, 2.75) is 38.3 Å². The number of rotatable bonds is 15. The van der Waals surface area contributed by atoms with Crippen LogP contribution in [0.25, 0.3) is 0 Å². The largest absolute Gasteiger partial charge is 0.480 e. The second-order valence-electron chi connectivity index (χ2n) is 5.95. The lowest BCUT2D eigenvalue weighted by molar-refractivity contribution is -0.149. The van der Waals surface area contributed by atoms with Gasteiger partial charge in [-0.2, -0.15) is 0 Å². The Morgan fingerprint density at radius 1 is 0.885 bits per heavy atom. The summed E-state index contributed by atoms with van der Waals surface area (Å²) < 4.78 is 0. The van der Waals surface area contributed by atoms with Crippen molar-refractivity contribution in [3.05, 3.63) is 0 Å². The normalized spacial score (nSPS) is 13.5. The molecule has 0 aliphatic heterocycles. The zero-order valence-corrected chi connectivity index (χ0v) is 14.7. The maximum atomic E-state index is 11.6. The first kappa shape index (κ1) is 23.8. The zero-order chi connectivity index (χ0) is 20.3. The molecule has 0 bridgehead atoms. The van der Waals surface area contributed by atoms with Crippen molar-refractivity contribution in [1.82, 2.24) is 9.80 Å². The minimum Gasteiger partial charge on any atom is -0.480 e.